The Kier molecular flexibility index (Phi) is 5.09. The summed E-state index contributed by atoms with van der Waals surface area (Å²) in [6.45, 7) is 5.35. The number of thiazole rings is 1. The Morgan fingerprint density at radius 2 is 1.89 bits per heavy atom. The summed E-state index contributed by atoms with van der Waals surface area (Å²) in [7, 11) is 0. The van der Waals surface area contributed by atoms with E-state index in [1.807, 2.05) is 24.3 Å². The number of nitrogens with zero attached hydrogens (tertiary/aromatic N) is 3. The van der Waals surface area contributed by atoms with E-state index in [2.05, 4.69) is 9.97 Å². The summed E-state index contributed by atoms with van der Waals surface area (Å²) in [6.07, 6.45) is 1.20. The van der Waals surface area contributed by atoms with Crippen LogP contribution in [-0.2, 0) is 11.2 Å². The van der Waals surface area contributed by atoms with Gasteiger partial charge in [0.15, 0.2) is 5.78 Å². The van der Waals surface area contributed by atoms with Crippen LogP contribution in [-0.4, -0.2) is 32.0 Å². The fraction of sp³-hybridized carbons (Fsp3) is 0.263. The monoisotopic (exact) mass is 384 g/mol. The number of hydrogen-bond acceptors (Lipinski definition) is 7. The van der Waals surface area contributed by atoms with Crippen molar-refractivity contribution in [1.29, 1.82) is 0 Å². The zero-order chi connectivity index (χ0) is 19.6. The van der Waals surface area contributed by atoms with Crippen molar-refractivity contribution in [3.8, 4) is 11.3 Å². The van der Waals surface area contributed by atoms with Gasteiger partial charge in [0.05, 0.1) is 17.4 Å². The molecule has 0 amide bonds. The molecule has 140 valence electrons. The van der Waals surface area contributed by atoms with Crippen molar-refractivity contribution in [1.82, 2.24) is 14.5 Å². The van der Waals surface area contributed by atoms with Crippen LogP contribution < -0.4 is 5.73 Å². The van der Waals surface area contributed by atoms with Gasteiger partial charge in [0, 0.05) is 17.4 Å². The number of nitrogen functional groups attached to an aromatic ring is 1. The second kappa shape index (κ2) is 7.32. The van der Waals surface area contributed by atoms with Crippen molar-refractivity contribution in [2.75, 3.05) is 5.73 Å². The summed E-state index contributed by atoms with van der Waals surface area (Å²) < 4.78 is 6.63. The Morgan fingerprint density at radius 3 is 2.48 bits per heavy atom. The highest BCUT2D eigenvalue weighted by Gasteiger charge is 2.23. The first kappa shape index (κ1) is 18.8. The van der Waals surface area contributed by atoms with E-state index >= 15 is 0 Å². The lowest BCUT2D eigenvalue weighted by Crippen LogP contribution is -2.28. The first-order valence-corrected chi connectivity index (χ1v) is 9.26. The number of carbonyl (C=O) groups is 2. The van der Waals surface area contributed by atoms with Crippen LogP contribution >= 0.6 is 11.3 Å². The van der Waals surface area contributed by atoms with E-state index in [0.717, 1.165) is 11.1 Å². The first-order valence-electron chi connectivity index (χ1n) is 8.32. The van der Waals surface area contributed by atoms with Gasteiger partial charge in [-0.25, -0.2) is 19.3 Å². The van der Waals surface area contributed by atoms with Crippen LogP contribution in [0.4, 0.5) is 10.7 Å². The molecule has 0 saturated carbocycles. The third kappa shape index (κ3) is 4.40. The number of benzene rings is 1. The van der Waals surface area contributed by atoms with E-state index in [4.69, 9.17) is 10.5 Å². The Hall–Kier alpha value is -3.00. The van der Waals surface area contributed by atoms with Crippen LogP contribution in [0.25, 0.3) is 11.3 Å². The standard InChI is InChI=1S/C19H20N4O3S/c1-19(2,3)26-18(25)23-15(9-21-17(23)20)13-6-4-12(5-7-13)8-16(24)14-10-27-11-22-14/h4-7,9-11H,8H2,1-3H3,(H2,20,21). The largest absolute Gasteiger partial charge is 0.443 e. The molecule has 3 rings (SSSR count). The maximum atomic E-state index is 12.5. The molecule has 0 aliphatic rings. The molecule has 0 atom stereocenters. The molecule has 0 unspecified atom stereocenters. The maximum absolute atomic E-state index is 12.5. The van der Waals surface area contributed by atoms with Crippen molar-refractivity contribution in [2.24, 2.45) is 0 Å². The van der Waals surface area contributed by atoms with Gasteiger partial charge in [-0.1, -0.05) is 24.3 Å². The van der Waals surface area contributed by atoms with E-state index in [-0.39, 0.29) is 18.2 Å². The van der Waals surface area contributed by atoms with E-state index in [9.17, 15) is 9.59 Å². The molecule has 3 aromatic rings. The molecule has 2 N–H and O–H groups in total. The van der Waals surface area contributed by atoms with Crippen LogP contribution in [0.3, 0.4) is 0 Å². The van der Waals surface area contributed by atoms with Crippen molar-refractivity contribution in [3.63, 3.8) is 0 Å². The average Bonchev–Trinajstić information content (AvgIpc) is 3.23. The minimum absolute atomic E-state index is 0.0351. The van der Waals surface area contributed by atoms with Gasteiger partial charge >= 0.3 is 6.09 Å². The Labute approximate surface area is 160 Å². The molecule has 0 bridgehead atoms. The van der Waals surface area contributed by atoms with Gasteiger partial charge < -0.3 is 10.5 Å². The normalized spacial score (nSPS) is 11.4. The smallest absolute Gasteiger partial charge is 0.421 e. The zero-order valence-corrected chi connectivity index (χ0v) is 16.1. The lowest BCUT2D eigenvalue weighted by Gasteiger charge is -2.20. The molecule has 2 heterocycles. The Balaban J connectivity index is 1.82. The van der Waals surface area contributed by atoms with Crippen LogP contribution in [0.1, 0.15) is 36.8 Å². The fourth-order valence-electron chi connectivity index (χ4n) is 2.49. The van der Waals surface area contributed by atoms with Crippen molar-refractivity contribution in [3.05, 3.63) is 52.6 Å². The number of anilines is 1. The SMILES string of the molecule is CC(C)(C)OC(=O)n1c(-c2ccc(CC(=O)c3cscn3)cc2)cnc1N. The molecule has 0 spiro atoms. The minimum Gasteiger partial charge on any atom is -0.443 e. The van der Waals surface area contributed by atoms with Gasteiger partial charge in [0.25, 0.3) is 0 Å². The lowest BCUT2D eigenvalue weighted by molar-refractivity contribution is 0.0543. The molecule has 0 saturated heterocycles. The number of Topliss-reactive ketones (excluding diaryl/α,β-unsaturated/α-hetero) is 1. The van der Waals surface area contributed by atoms with E-state index in [0.29, 0.717) is 11.4 Å². The van der Waals surface area contributed by atoms with Gasteiger partial charge in [0.1, 0.15) is 11.3 Å². The second-order valence-corrected chi connectivity index (χ2v) is 7.71. The van der Waals surface area contributed by atoms with Crippen LogP contribution in [0, 0.1) is 0 Å². The summed E-state index contributed by atoms with van der Waals surface area (Å²) in [4.78, 5) is 32.7. The van der Waals surface area contributed by atoms with Crippen molar-refractivity contribution < 1.29 is 14.3 Å². The molecule has 27 heavy (non-hydrogen) atoms. The number of aromatic nitrogens is 3. The van der Waals surface area contributed by atoms with Gasteiger partial charge in [-0.05, 0) is 26.3 Å². The summed E-state index contributed by atoms with van der Waals surface area (Å²) >= 11 is 1.39. The van der Waals surface area contributed by atoms with Gasteiger partial charge in [-0.3, -0.25) is 4.79 Å². The van der Waals surface area contributed by atoms with Crippen LogP contribution in [0.5, 0.6) is 0 Å². The predicted octanol–water partition coefficient (Wildman–Crippen LogP) is 3.80. The molecule has 8 heteroatoms. The first-order chi connectivity index (χ1) is 12.7. The van der Waals surface area contributed by atoms with Crippen molar-refractivity contribution >= 4 is 29.2 Å². The van der Waals surface area contributed by atoms with Crippen molar-refractivity contribution in [2.45, 2.75) is 32.8 Å². The number of ether oxygens (including phenoxy) is 1. The predicted molar refractivity (Wildman–Crippen MR) is 104 cm³/mol. The highest BCUT2D eigenvalue weighted by atomic mass is 32.1. The van der Waals surface area contributed by atoms with Gasteiger partial charge in [-0.2, -0.15) is 0 Å². The summed E-state index contributed by atoms with van der Waals surface area (Å²) in [5.41, 5.74) is 9.44. The molecule has 2 aromatic heterocycles. The molecule has 7 nitrogen and oxygen atoms in total. The number of ketones is 1. The lowest BCUT2D eigenvalue weighted by atomic mass is 10.0. The minimum atomic E-state index is -0.648. The quantitative estimate of drug-likeness (QED) is 0.687. The summed E-state index contributed by atoms with van der Waals surface area (Å²) in [5, 5.41) is 1.73. The number of nitrogens with two attached hydrogens (primary N) is 1. The fourth-order valence-corrected chi connectivity index (χ4v) is 3.05. The third-order valence-electron chi connectivity index (χ3n) is 3.70. The second-order valence-electron chi connectivity index (χ2n) is 6.99. The highest BCUT2D eigenvalue weighted by molar-refractivity contribution is 7.07. The molecule has 0 aliphatic carbocycles. The van der Waals surface area contributed by atoms with Crippen LogP contribution in [0.15, 0.2) is 41.4 Å². The number of imidazole rings is 1. The number of carbonyl (C=O) groups excluding carboxylic acids is 2. The molecular formula is C19H20N4O3S. The average molecular weight is 384 g/mol. The third-order valence-corrected chi connectivity index (χ3v) is 4.28. The molecule has 0 aliphatic heterocycles. The van der Waals surface area contributed by atoms with Gasteiger partial charge in [0.2, 0.25) is 5.95 Å². The highest BCUT2D eigenvalue weighted by Crippen LogP contribution is 2.24. The molecule has 0 radical (unpaired) electrons. The van der Waals surface area contributed by atoms with Gasteiger partial charge in [-0.15, -0.1) is 11.3 Å². The van der Waals surface area contributed by atoms with E-state index in [1.54, 1.807) is 31.7 Å². The molecule has 0 fully saturated rings. The Bertz CT molecular complexity index is 954. The number of rotatable bonds is 4. The summed E-state index contributed by atoms with van der Waals surface area (Å²) in [6, 6.07) is 7.31. The van der Waals surface area contributed by atoms with E-state index in [1.165, 1.54) is 22.1 Å². The topological polar surface area (TPSA) is 100 Å². The summed E-state index contributed by atoms with van der Waals surface area (Å²) in [5.74, 6) is 0.0223. The Morgan fingerprint density at radius 1 is 1.19 bits per heavy atom. The van der Waals surface area contributed by atoms with Crippen LogP contribution in [0.2, 0.25) is 0 Å². The number of hydrogen-bond donors (Lipinski definition) is 1. The van der Waals surface area contributed by atoms with E-state index < -0.39 is 11.7 Å². The molecular weight excluding hydrogens is 364 g/mol. The maximum Gasteiger partial charge on any atom is 0.421 e. The molecule has 1 aromatic carbocycles. The zero-order valence-electron chi connectivity index (χ0n) is 15.3.